The number of hydrogen-bond acceptors (Lipinski definition) is 4. The van der Waals surface area contributed by atoms with Gasteiger partial charge in [-0.25, -0.2) is 9.67 Å². The molecule has 1 fully saturated rings. The third kappa shape index (κ3) is 3.48. The van der Waals surface area contributed by atoms with Gasteiger partial charge in [-0.1, -0.05) is 18.2 Å². The quantitative estimate of drug-likeness (QED) is 0.618. The number of amides is 1. The highest BCUT2D eigenvalue weighted by Gasteiger charge is 2.32. The summed E-state index contributed by atoms with van der Waals surface area (Å²) in [4.78, 5) is 23.2. The molecule has 0 saturated heterocycles. The first-order valence-corrected chi connectivity index (χ1v) is 11.2. The number of pyridine rings is 1. The molecule has 162 valence electrons. The van der Waals surface area contributed by atoms with Gasteiger partial charge in [0.15, 0.2) is 5.65 Å². The Hall–Kier alpha value is -2.89. The molecule has 1 aliphatic heterocycles. The zero-order valence-electron chi connectivity index (χ0n) is 19.1. The number of fused-ring (bicyclic) bond motifs is 2. The van der Waals surface area contributed by atoms with Crippen molar-refractivity contribution in [3.05, 3.63) is 52.8 Å². The van der Waals surface area contributed by atoms with E-state index in [9.17, 15) is 4.79 Å². The van der Waals surface area contributed by atoms with E-state index >= 15 is 0 Å². The van der Waals surface area contributed by atoms with E-state index in [-0.39, 0.29) is 11.4 Å². The van der Waals surface area contributed by atoms with E-state index in [1.54, 1.807) is 0 Å². The van der Waals surface area contributed by atoms with E-state index in [0.29, 0.717) is 19.0 Å². The van der Waals surface area contributed by atoms with E-state index in [0.717, 1.165) is 47.4 Å². The van der Waals surface area contributed by atoms with Crippen molar-refractivity contribution in [2.75, 3.05) is 25.0 Å². The maximum atomic E-state index is 13.9. The van der Waals surface area contributed by atoms with Gasteiger partial charge in [0.2, 0.25) is 0 Å². The zero-order valence-corrected chi connectivity index (χ0v) is 19.1. The van der Waals surface area contributed by atoms with Crippen LogP contribution < -0.4 is 4.90 Å². The summed E-state index contributed by atoms with van der Waals surface area (Å²) in [6, 6.07) is 10.4. The van der Waals surface area contributed by atoms with Gasteiger partial charge in [-0.15, -0.1) is 0 Å². The molecular weight excluding hydrogens is 386 g/mol. The smallest absolute Gasteiger partial charge is 0.255 e. The van der Waals surface area contributed by atoms with Crippen LogP contribution in [0.1, 0.15) is 66.8 Å². The number of carbonyl (C=O) groups excluding carboxylic acids is 1. The van der Waals surface area contributed by atoms with Crippen LogP contribution in [0.15, 0.2) is 30.3 Å². The Labute approximate surface area is 183 Å². The molecule has 1 amide bonds. The number of benzene rings is 1. The number of para-hydroxylation sites is 1. The van der Waals surface area contributed by atoms with Crippen LogP contribution >= 0.6 is 0 Å². The van der Waals surface area contributed by atoms with Crippen LogP contribution in [0.2, 0.25) is 0 Å². The number of likely N-dealkylation sites (N-methyl/N-ethyl adjacent to an activating group) is 1. The van der Waals surface area contributed by atoms with Crippen molar-refractivity contribution in [1.82, 2.24) is 19.7 Å². The van der Waals surface area contributed by atoms with Crippen molar-refractivity contribution >= 4 is 22.6 Å². The first kappa shape index (κ1) is 20.0. The summed E-state index contributed by atoms with van der Waals surface area (Å²) in [7, 11) is 2.10. The highest BCUT2D eigenvalue weighted by molar-refractivity contribution is 6.06. The van der Waals surface area contributed by atoms with Crippen molar-refractivity contribution in [2.24, 2.45) is 0 Å². The van der Waals surface area contributed by atoms with Crippen LogP contribution in [0, 0.1) is 6.92 Å². The SMILES string of the molecule is Cc1nn(C(C)(C)C)c2nc(C3CC3)cc(C(=O)N3CCN(C)c4ccccc4C3)c12. The number of aromatic nitrogens is 3. The highest BCUT2D eigenvalue weighted by atomic mass is 16.2. The summed E-state index contributed by atoms with van der Waals surface area (Å²) >= 11 is 0. The Balaban J connectivity index is 1.63. The van der Waals surface area contributed by atoms with Crippen LogP contribution in [0.3, 0.4) is 0 Å². The van der Waals surface area contributed by atoms with Gasteiger partial charge in [0.05, 0.1) is 22.2 Å². The molecule has 1 aromatic carbocycles. The summed E-state index contributed by atoms with van der Waals surface area (Å²) in [6.07, 6.45) is 2.30. The Bertz CT molecular complexity index is 1170. The van der Waals surface area contributed by atoms with Crippen LogP contribution in [0.4, 0.5) is 5.69 Å². The number of rotatable bonds is 2. The van der Waals surface area contributed by atoms with Gasteiger partial charge in [-0.2, -0.15) is 5.10 Å². The largest absolute Gasteiger partial charge is 0.373 e. The lowest BCUT2D eigenvalue weighted by atomic mass is 10.0. The molecule has 3 aromatic rings. The molecule has 2 aromatic heterocycles. The first-order valence-electron chi connectivity index (χ1n) is 11.2. The van der Waals surface area contributed by atoms with Gasteiger partial charge in [0.25, 0.3) is 5.91 Å². The van der Waals surface area contributed by atoms with Crippen LogP contribution in [0.5, 0.6) is 0 Å². The third-order valence-corrected chi connectivity index (χ3v) is 6.45. The summed E-state index contributed by atoms with van der Waals surface area (Å²) in [6.45, 7) is 10.5. The lowest BCUT2D eigenvalue weighted by molar-refractivity contribution is 0.0753. The second kappa shape index (κ2) is 7.08. The molecule has 0 spiro atoms. The number of hydrogen-bond donors (Lipinski definition) is 0. The third-order valence-electron chi connectivity index (χ3n) is 6.45. The van der Waals surface area contributed by atoms with Gasteiger partial charge >= 0.3 is 0 Å². The van der Waals surface area contributed by atoms with Crippen LogP contribution in [-0.4, -0.2) is 45.7 Å². The predicted molar refractivity (Wildman–Crippen MR) is 124 cm³/mol. The monoisotopic (exact) mass is 417 g/mol. The summed E-state index contributed by atoms with van der Waals surface area (Å²) in [5.41, 5.74) is 5.68. The van der Waals surface area contributed by atoms with E-state index in [1.807, 2.05) is 28.6 Å². The second-order valence-corrected chi connectivity index (χ2v) is 10.0. The van der Waals surface area contributed by atoms with Crippen molar-refractivity contribution in [3.8, 4) is 0 Å². The minimum Gasteiger partial charge on any atom is -0.373 e. The Morgan fingerprint density at radius 1 is 1.13 bits per heavy atom. The van der Waals surface area contributed by atoms with E-state index < -0.39 is 0 Å². The molecule has 5 rings (SSSR count). The molecule has 1 aliphatic carbocycles. The Morgan fingerprint density at radius 3 is 2.58 bits per heavy atom. The molecule has 0 N–H and O–H groups in total. The van der Waals surface area contributed by atoms with Gasteiger partial charge in [-0.3, -0.25) is 4.79 Å². The van der Waals surface area contributed by atoms with Crippen molar-refractivity contribution in [1.29, 1.82) is 0 Å². The maximum Gasteiger partial charge on any atom is 0.255 e. The molecule has 31 heavy (non-hydrogen) atoms. The van der Waals surface area contributed by atoms with E-state index in [1.165, 1.54) is 11.3 Å². The standard InChI is InChI=1S/C25H31N5O/c1-16-22-19(14-20(17-10-11-17)26-23(22)30(27-16)25(2,3)4)24(31)29-13-12-28(5)21-9-7-6-8-18(21)15-29/h6-9,14,17H,10-13,15H2,1-5H3. The van der Waals surface area contributed by atoms with Gasteiger partial charge < -0.3 is 9.80 Å². The summed E-state index contributed by atoms with van der Waals surface area (Å²) < 4.78 is 1.99. The average Bonchev–Trinajstić information content (AvgIpc) is 3.54. The number of carbonyl (C=O) groups is 1. The molecule has 1 saturated carbocycles. The number of nitrogens with zero attached hydrogens (tertiary/aromatic N) is 5. The van der Waals surface area contributed by atoms with Gasteiger partial charge in [0.1, 0.15) is 0 Å². The Morgan fingerprint density at radius 2 is 1.87 bits per heavy atom. The lowest BCUT2D eigenvalue weighted by Gasteiger charge is -2.23. The van der Waals surface area contributed by atoms with Gasteiger partial charge in [-0.05, 0) is 58.2 Å². The topological polar surface area (TPSA) is 54.3 Å². The zero-order chi connectivity index (χ0) is 21.9. The minimum absolute atomic E-state index is 0.0796. The minimum atomic E-state index is -0.202. The van der Waals surface area contributed by atoms with Crippen LogP contribution in [0.25, 0.3) is 11.0 Å². The second-order valence-electron chi connectivity index (χ2n) is 10.0. The molecule has 6 nitrogen and oxygen atoms in total. The van der Waals surface area contributed by atoms with Crippen molar-refractivity contribution in [2.45, 2.75) is 58.5 Å². The number of aryl methyl sites for hydroxylation is 1. The molecule has 0 atom stereocenters. The molecule has 0 unspecified atom stereocenters. The summed E-state index contributed by atoms with van der Waals surface area (Å²) in [5, 5.41) is 5.71. The molecule has 6 heteroatoms. The summed E-state index contributed by atoms with van der Waals surface area (Å²) in [5.74, 6) is 0.548. The molecule has 0 bridgehead atoms. The molecule has 3 heterocycles. The first-order chi connectivity index (χ1) is 14.7. The molecular formula is C25H31N5O. The fourth-order valence-corrected chi connectivity index (χ4v) is 4.57. The fourth-order valence-electron chi connectivity index (χ4n) is 4.57. The average molecular weight is 418 g/mol. The van der Waals surface area contributed by atoms with Crippen molar-refractivity contribution in [3.63, 3.8) is 0 Å². The van der Waals surface area contributed by atoms with E-state index in [4.69, 9.17) is 10.1 Å². The highest BCUT2D eigenvalue weighted by Crippen LogP contribution is 2.41. The van der Waals surface area contributed by atoms with Gasteiger partial charge in [0, 0.05) is 44.0 Å². The molecule has 0 radical (unpaired) electrons. The fraction of sp³-hybridized carbons (Fsp3) is 0.480. The lowest BCUT2D eigenvalue weighted by Crippen LogP contribution is -2.34. The number of anilines is 1. The molecule has 2 aliphatic rings. The normalized spacial score (nSPS) is 17.1. The Kier molecular flexibility index (Phi) is 4.57. The maximum absolute atomic E-state index is 13.9. The van der Waals surface area contributed by atoms with Crippen LogP contribution in [-0.2, 0) is 12.1 Å². The predicted octanol–water partition coefficient (Wildman–Crippen LogP) is 4.46. The van der Waals surface area contributed by atoms with Crippen molar-refractivity contribution < 1.29 is 4.79 Å². The van der Waals surface area contributed by atoms with E-state index in [2.05, 4.69) is 50.9 Å².